The van der Waals surface area contributed by atoms with E-state index in [1.165, 1.54) is 10.9 Å². The van der Waals surface area contributed by atoms with Crippen molar-refractivity contribution in [2.75, 3.05) is 19.0 Å². The number of fused-ring (bicyclic) bond motifs is 1. The molecule has 0 radical (unpaired) electrons. The lowest BCUT2D eigenvalue weighted by Gasteiger charge is -2.11. The fraction of sp³-hybridized carbons (Fsp3) is 0.167. The van der Waals surface area contributed by atoms with Crippen molar-refractivity contribution in [3.63, 3.8) is 0 Å². The molecule has 0 atom stereocenters. The molecule has 0 amide bonds. The second-order valence-corrected chi connectivity index (χ2v) is 6.19. The minimum Gasteiger partial charge on any atom is -0.496 e. The first-order chi connectivity index (χ1) is 10.8. The highest BCUT2D eigenvalue weighted by Crippen LogP contribution is 2.30. The van der Waals surface area contributed by atoms with Gasteiger partial charge in [0.2, 0.25) is 0 Å². The van der Waals surface area contributed by atoms with Crippen LogP contribution in [0.2, 0.25) is 0 Å². The van der Waals surface area contributed by atoms with Crippen molar-refractivity contribution in [2.24, 2.45) is 0 Å². The number of anilines is 1. The van der Waals surface area contributed by atoms with Crippen LogP contribution in [-0.2, 0) is 6.42 Å². The third-order valence-corrected chi connectivity index (χ3v) is 4.43. The van der Waals surface area contributed by atoms with Gasteiger partial charge in [-0.2, -0.15) is 0 Å². The van der Waals surface area contributed by atoms with E-state index in [0.717, 1.165) is 33.5 Å². The maximum Gasteiger partial charge on any atom is 0.133 e. The van der Waals surface area contributed by atoms with E-state index in [4.69, 9.17) is 4.74 Å². The molecule has 0 bridgehead atoms. The van der Waals surface area contributed by atoms with Gasteiger partial charge in [-0.15, -0.1) is 0 Å². The van der Waals surface area contributed by atoms with Gasteiger partial charge in [0.1, 0.15) is 11.6 Å². The third kappa shape index (κ3) is 3.32. The van der Waals surface area contributed by atoms with Gasteiger partial charge in [-0.05, 0) is 58.2 Å². The zero-order chi connectivity index (χ0) is 15.4. The highest BCUT2D eigenvalue weighted by atomic mass is 127. The number of ether oxygens (including phenoxy) is 1. The number of nitrogens with zero attached hydrogens (tertiary/aromatic N) is 1. The predicted octanol–water partition coefficient (Wildman–Crippen LogP) is 4.50. The van der Waals surface area contributed by atoms with Crippen LogP contribution < -0.4 is 10.1 Å². The summed E-state index contributed by atoms with van der Waals surface area (Å²) in [7, 11) is 1.70. The van der Waals surface area contributed by atoms with E-state index in [2.05, 4.69) is 69.3 Å². The van der Waals surface area contributed by atoms with Gasteiger partial charge in [-0.3, -0.25) is 0 Å². The molecule has 0 spiro atoms. The molecule has 3 nitrogen and oxygen atoms in total. The number of aromatic nitrogens is 1. The van der Waals surface area contributed by atoms with Gasteiger partial charge in [0.05, 0.1) is 10.7 Å². The average molecular weight is 404 g/mol. The van der Waals surface area contributed by atoms with Crippen molar-refractivity contribution in [1.29, 1.82) is 0 Å². The van der Waals surface area contributed by atoms with Crippen LogP contribution in [0.4, 0.5) is 5.82 Å². The summed E-state index contributed by atoms with van der Waals surface area (Å²) in [5, 5.41) is 5.70. The van der Waals surface area contributed by atoms with Crippen molar-refractivity contribution < 1.29 is 4.74 Å². The van der Waals surface area contributed by atoms with E-state index >= 15 is 0 Å². The number of pyridine rings is 1. The van der Waals surface area contributed by atoms with Gasteiger partial charge in [0, 0.05) is 18.1 Å². The van der Waals surface area contributed by atoms with Gasteiger partial charge in [0.15, 0.2) is 0 Å². The highest BCUT2D eigenvalue weighted by molar-refractivity contribution is 14.1. The molecule has 0 fully saturated rings. The number of nitrogens with one attached hydrogen (secondary N) is 1. The molecule has 3 rings (SSSR count). The lowest BCUT2D eigenvalue weighted by molar-refractivity contribution is 0.412. The van der Waals surface area contributed by atoms with E-state index in [9.17, 15) is 0 Å². The van der Waals surface area contributed by atoms with Crippen molar-refractivity contribution in [2.45, 2.75) is 6.42 Å². The second-order valence-electron chi connectivity index (χ2n) is 5.03. The topological polar surface area (TPSA) is 34.1 Å². The van der Waals surface area contributed by atoms with E-state index in [-0.39, 0.29) is 0 Å². The molecular weight excluding hydrogens is 387 g/mol. The summed E-state index contributed by atoms with van der Waals surface area (Å²) < 4.78 is 6.52. The number of rotatable bonds is 5. The molecule has 0 aliphatic heterocycles. The van der Waals surface area contributed by atoms with E-state index in [1.807, 2.05) is 18.3 Å². The molecule has 1 heterocycles. The number of hydrogen-bond donors (Lipinski definition) is 1. The van der Waals surface area contributed by atoms with Crippen molar-refractivity contribution in [3.8, 4) is 5.75 Å². The molecule has 22 heavy (non-hydrogen) atoms. The van der Waals surface area contributed by atoms with Crippen molar-refractivity contribution in [1.82, 2.24) is 4.98 Å². The zero-order valence-electron chi connectivity index (χ0n) is 12.3. The summed E-state index contributed by atoms with van der Waals surface area (Å²) in [6, 6.07) is 16.7. The summed E-state index contributed by atoms with van der Waals surface area (Å²) in [5.41, 5.74) is 1.32. The van der Waals surface area contributed by atoms with Crippen molar-refractivity contribution >= 4 is 39.2 Å². The first-order valence-corrected chi connectivity index (χ1v) is 8.26. The second kappa shape index (κ2) is 6.96. The van der Waals surface area contributed by atoms with Crippen LogP contribution in [0, 0.1) is 3.57 Å². The van der Waals surface area contributed by atoms with E-state index < -0.39 is 0 Å². The molecule has 0 aliphatic rings. The molecular formula is C18H17IN2O. The van der Waals surface area contributed by atoms with Crippen LogP contribution in [0.3, 0.4) is 0 Å². The van der Waals surface area contributed by atoms with Crippen LogP contribution in [0.15, 0.2) is 54.7 Å². The number of hydrogen-bond acceptors (Lipinski definition) is 3. The van der Waals surface area contributed by atoms with Gasteiger partial charge in [0.25, 0.3) is 0 Å². The third-order valence-electron chi connectivity index (χ3n) is 3.59. The Balaban J connectivity index is 1.81. The molecule has 0 saturated carbocycles. The minimum atomic E-state index is 0.852. The molecule has 1 aromatic heterocycles. The first-order valence-electron chi connectivity index (χ1n) is 7.18. The van der Waals surface area contributed by atoms with Gasteiger partial charge in [-0.1, -0.05) is 30.3 Å². The largest absolute Gasteiger partial charge is 0.496 e. The highest BCUT2D eigenvalue weighted by Gasteiger charge is 2.07. The average Bonchev–Trinajstić information content (AvgIpc) is 2.55. The Hall–Kier alpha value is -1.82. The Morgan fingerprint density at radius 1 is 1.14 bits per heavy atom. The monoisotopic (exact) mass is 404 g/mol. The summed E-state index contributed by atoms with van der Waals surface area (Å²) in [6.07, 6.45) is 2.82. The number of halogens is 1. The summed E-state index contributed by atoms with van der Waals surface area (Å²) in [5.74, 6) is 1.79. The zero-order valence-corrected chi connectivity index (χ0v) is 14.5. The van der Waals surface area contributed by atoms with E-state index in [0.29, 0.717) is 0 Å². The molecule has 0 aliphatic carbocycles. The van der Waals surface area contributed by atoms with Crippen molar-refractivity contribution in [3.05, 3.63) is 63.9 Å². The minimum absolute atomic E-state index is 0.852. The van der Waals surface area contributed by atoms with E-state index in [1.54, 1.807) is 7.11 Å². The molecule has 4 heteroatoms. The Bertz CT molecular complexity index is 775. The molecule has 1 N–H and O–H groups in total. The van der Waals surface area contributed by atoms with Gasteiger partial charge < -0.3 is 10.1 Å². The van der Waals surface area contributed by atoms with Crippen LogP contribution in [0.1, 0.15) is 5.56 Å². The lowest BCUT2D eigenvalue weighted by Crippen LogP contribution is -2.06. The molecule has 2 aromatic carbocycles. The molecule has 0 saturated heterocycles. The number of methoxy groups -OCH3 is 1. The smallest absolute Gasteiger partial charge is 0.133 e. The molecule has 112 valence electrons. The van der Waals surface area contributed by atoms with Gasteiger partial charge in [-0.25, -0.2) is 4.98 Å². The Morgan fingerprint density at radius 2 is 1.95 bits per heavy atom. The summed E-state index contributed by atoms with van der Waals surface area (Å²) in [4.78, 5) is 4.47. The standard InChI is InChI=1S/C18H17IN2O/c1-22-17-12-15-14(11-16(17)19)8-10-21-18(15)20-9-7-13-5-3-2-4-6-13/h2-6,8,10-12H,7,9H2,1H3,(H,20,21). The first kappa shape index (κ1) is 15.1. The van der Waals surface area contributed by atoms with Crippen LogP contribution in [-0.4, -0.2) is 18.6 Å². The summed E-state index contributed by atoms with van der Waals surface area (Å²) in [6.45, 7) is 0.852. The Labute approximate surface area is 143 Å². The lowest BCUT2D eigenvalue weighted by atomic mass is 10.1. The van der Waals surface area contributed by atoms with Crippen LogP contribution in [0.25, 0.3) is 10.8 Å². The SMILES string of the molecule is COc1cc2c(NCCc3ccccc3)nccc2cc1I. The van der Waals surface area contributed by atoms with Crippen LogP contribution in [0.5, 0.6) is 5.75 Å². The maximum absolute atomic E-state index is 5.42. The maximum atomic E-state index is 5.42. The fourth-order valence-corrected chi connectivity index (χ4v) is 3.15. The number of benzene rings is 2. The predicted molar refractivity (Wildman–Crippen MR) is 99.6 cm³/mol. The Morgan fingerprint density at radius 3 is 2.73 bits per heavy atom. The molecule has 0 unspecified atom stereocenters. The molecule has 3 aromatic rings. The van der Waals surface area contributed by atoms with Crippen LogP contribution >= 0.6 is 22.6 Å². The summed E-state index contributed by atoms with van der Waals surface area (Å²) >= 11 is 2.29. The quantitative estimate of drug-likeness (QED) is 0.636. The fourth-order valence-electron chi connectivity index (χ4n) is 2.44. The van der Waals surface area contributed by atoms with Gasteiger partial charge >= 0.3 is 0 Å². The Kier molecular flexibility index (Phi) is 4.77. The normalized spacial score (nSPS) is 10.6.